The van der Waals surface area contributed by atoms with E-state index in [1.54, 1.807) is 0 Å². The predicted molar refractivity (Wildman–Crippen MR) is 100 cm³/mol. The number of carboxylic acid groups (broad SMARTS) is 1. The van der Waals surface area contributed by atoms with Gasteiger partial charge in [-0.05, 0) is 46.9 Å². The van der Waals surface area contributed by atoms with Crippen molar-refractivity contribution in [2.24, 2.45) is 0 Å². The van der Waals surface area contributed by atoms with E-state index in [2.05, 4.69) is 42.5 Å². The van der Waals surface area contributed by atoms with E-state index in [4.69, 9.17) is 9.84 Å². The fourth-order valence-electron chi connectivity index (χ4n) is 2.88. The van der Waals surface area contributed by atoms with Crippen molar-refractivity contribution in [1.29, 1.82) is 0 Å². The molecule has 3 aromatic rings. The van der Waals surface area contributed by atoms with E-state index in [9.17, 15) is 4.79 Å². The highest BCUT2D eigenvalue weighted by Gasteiger charge is 2.01. The van der Waals surface area contributed by atoms with Gasteiger partial charge in [0.25, 0.3) is 0 Å². The molecule has 0 aliphatic heterocycles. The molecule has 0 saturated heterocycles. The van der Waals surface area contributed by atoms with Crippen LogP contribution in [-0.2, 0) is 17.6 Å². The molecule has 3 aromatic carbocycles. The summed E-state index contributed by atoms with van der Waals surface area (Å²) < 4.78 is 5.83. The molecule has 0 heterocycles. The Bertz CT molecular complexity index is 837. The number of rotatable bonds is 8. The average Bonchev–Trinajstić information content (AvgIpc) is 2.63. The van der Waals surface area contributed by atoms with Crippen LogP contribution in [-0.4, -0.2) is 17.7 Å². The third-order valence-corrected chi connectivity index (χ3v) is 4.25. The minimum absolute atomic E-state index is 0.212. The minimum atomic E-state index is -0.742. The summed E-state index contributed by atoms with van der Waals surface area (Å²) in [6.07, 6.45) is 2.52. The number of aryl methyl sites for hydroxylation is 1. The molecular formula is C22H22O3. The fraction of sp³-hybridized carbons (Fsp3) is 0.227. The van der Waals surface area contributed by atoms with Gasteiger partial charge in [-0.3, -0.25) is 4.79 Å². The summed E-state index contributed by atoms with van der Waals surface area (Å²) in [6.45, 7) is 0.636. The summed E-state index contributed by atoms with van der Waals surface area (Å²) in [5.41, 5.74) is 2.41. The Labute approximate surface area is 147 Å². The first-order valence-electron chi connectivity index (χ1n) is 8.62. The Balaban J connectivity index is 1.48. The lowest BCUT2D eigenvalue weighted by Crippen LogP contribution is -2.01. The van der Waals surface area contributed by atoms with Gasteiger partial charge in [0.2, 0.25) is 0 Å². The lowest BCUT2D eigenvalue weighted by atomic mass is 10.1. The van der Waals surface area contributed by atoms with Crippen molar-refractivity contribution in [3.8, 4) is 5.75 Å². The van der Waals surface area contributed by atoms with Gasteiger partial charge in [0.05, 0.1) is 6.61 Å². The molecule has 128 valence electrons. The second kappa shape index (κ2) is 8.34. The van der Waals surface area contributed by atoms with Crippen LogP contribution in [0.15, 0.2) is 66.7 Å². The standard InChI is InChI=1S/C22H22O3/c23-22(24)7-3-4-17-9-12-21(13-10-17)25-15-14-18-8-11-19-5-1-2-6-20(19)16-18/h1-2,5-6,8-13,16H,3-4,7,14-15H2,(H,23,24). The van der Waals surface area contributed by atoms with Crippen LogP contribution in [0.2, 0.25) is 0 Å². The number of hydrogen-bond donors (Lipinski definition) is 1. The van der Waals surface area contributed by atoms with Gasteiger partial charge in [-0.15, -0.1) is 0 Å². The van der Waals surface area contributed by atoms with Crippen molar-refractivity contribution in [2.45, 2.75) is 25.7 Å². The summed E-state index contributed by atoms with van der Waals surface area (Å²) >= 11 is 0. The average molecular weight is 334 g/mol. The molecule has 0 aliphatic rings. The van der Waals surface area contributed by atoms with E-state index in [-0.39, 0.29) is 6.42 Å². The number of ether oxygens (including phenoxy) is 1. The molecule has 0 aliphatic carbocycles. The van der Waals surface area contributed by atoms with E-state index >= 15 is 0 Å². The van der Waals surface area contributed by atoms with Crippen molar-refractivity contribution in [3.05, 3.63) is 77.9 Å². The van der Waals surface area contributed by atoms with E-state index in [1.165, 1.54) is 16.3 Å². The van der Waals surface area contributed by atoms with Gasteiger partial charge < -0.3 is 9.84 Å². The molecule has 0 amide bonds. The Kier molecular flexibility index (Phi) is 5.68. The third kappa shape index (κ3) is 5.08. The fourth-order valence-corrected chi connectivity index (χ4v) is 2.88. The molecule has 0 fully saturated rings. The highest BCUT2D eigenvalue weighted by atomic mass is 16.5. The van der Waals surface area contributed by atoms with Gasteiger partial charge in [0, 0.05) is 12.8 Å². The lowest BCUT2D eigenvalue weighted by Gasteiger charge is -2.08. The molecule has 3 nitrogen and oxygen atoms in total. The summed E-state index contributed by atoms with van der Waals surface area (Å²) in [6, 6.07) is 22.8. The quantitative estimate of drug-likeness (QED) is 0.639. The van der Waals surface area contributed by atoms with Gasteiger partial charge in [-0.25, -0.2) is 0 Å². The van der Waals surface area contributed by atoms with Crippen LogP contribution in [0, 0.1) is 0 Å². The van der Waals surface area contributed by atoms with E-state index < -0.39 is 5.97 Å². The molecule has 3 heteroatoms. The number of aliphatic carboxylic acids is 1. The molecule has 1 N–H and O–H groups in total. The molecule has 25 heavy (non-hydrogen) atoms. The maximum absolute atomic E-state index is 10.5. The zero-order chi connectivity index (χ0) is 17.5. The maximum Gasteiger partial charge on any atom is 0.303 e. The molecule has 3 rings (SSSR count). The molecule has 0 atom stereocenters. The van der Waals surface area contributed by atoms with Gasteiger partial charge in [0.15, 0.2) is 0 Å². The molecule has 0 bridgehead atoms. The number of hydrogen-bond acceptors (Lipinski definition) is 2. The third-order valence-electron chi connectivity index (χ3n) is 4.25. The van der Waals surface area contributed by atoms with Gasteiger partial charge in [0.1, 0.15) is 5.75 Å². The van der Waals surface area contributed by atoms with Crippen LogP contribution in [0.4, 0.5) is 0 Å². The van der Waals surface area contributed by atoms with Crippen molar-refractivity contribution in [2.75, 3.05) is 6.61 Å². The van der Waals surface area contributed by atoms with Crippen LogP contribution in [0.25, 0.3) is 10.8 Å². The topological polar surface area (TPSA) is 46.5 Å². The van der Waals surface area contributed by atoms with Gasteiger partial charge in [-0.1, -0.05) is 54.6 Å². The zero-order valence-corrected chi connectivity index (χ0v) is 14.2. The summed E-state index contributed by atoms with van der Waals surface area (Å²) in [5, 5.41) is 11.2. The Morgan fingerprint density at radius 2 is 1.56 bits per heavy atom. The second-order valence-electron chi connectivity index (χ2n) is 6.17. The summed E-state index contributed by atoms with van der Waals surface area (Å²) in [4.78, 5) is 10.5. The van der Waals surface area contributed by atoms with E-state index in [0.29, 0.717) is 13.0 Å². The monoisotopic (exact) mass is 334 g/mol. The van der Waals surface area contributed by atoms with E-state index in [1.807, 2.05) is 24.3 Å². The largest absolute Gasteiger partial charge is 0.493 e. The molecule has 0 aromatic heterocycles. The van der Waals surface area contributed by atoms with Gasteiger partial charge >= 0.3 is 5.97 Å². The van der Waals surface area contributed by atoms with Crippen molar-refractivity contribution >= 4 is 16.7 Å². The van der Waals surface area contributed by atoms with Crippen LogP contribution < -0.4 is 4.74 Å². The van der Waals surface area contributed by atoms with Crippen LogP contribution in [0.1, 0.15) is 24.0 Å². The Hall–Kier alpha value is -2.81. The summed E-state index contributed by atoms with van der Waals surface area (Å²) in [5.74, 6) is 0.108. The predicted octanol–water partition coefficient (Wildman–Crippen LogP) is 4.87. The number of carboxylic acids is 1. The first-order valence-corrected chi connectivity index (χ1v) is 8.62. The van der Waals surface area contributed by atoms with Crippen molar-refractivity contribution < 1.29 is 14.6 Å². The van der Waals surface area contributed by atoms with Crippen LogP contribution in [0.3, 0.4) is 0 Å². The lowest BCUT2D eigenvalue weighted by molar-refractivity contribution is -0.137. The van der Waals surface area contributed by atoms with Crippen LogP contribution >= 0.6 is 0 Å². The number of fused-ring (bicyclic) bond motifs is 1. The Morgan fingerprint density at radius 1 is 0.840 bits per heavy atom. The smallest absolute Gasteiger partial charge is 0.303 e. The first kappa shape index (κ1) is 17.0. The zero-order valence-electron chi connectivity index (χ0n) is 14.2. The Morgan fingerprint density at radius 3 is 2.32 bits per heavy atom. The van der Waals surface area contributed by atoms with E-state index in [0.717, 1.165) is 24.2 Å². The number of carbonyl (C=O) groups is 1. The number of benzene rings is 3. The van der Waals surface area contributed by atoms with Crippen LogP contribution in [0.5, 0.6) is 5.75 Å². The molecule has 0 saturated carbocycles. The van der Waals surface area contributed by atoms with Crippen molar-refractivity contribution in [1.82, 2.24) is 0 Å². The summed E-state index contributed by atoms with van der Waals surface area (Å²) in [7, 11) is 0. The molecule has 0 radical (unpaired) electrons. The second-order valence-corrected chi connectivity index (χ2v) is 6.17. The minimum Gasteiger partial charge on any atom is -0.493 e. The first-order chi connectivity index (χ1) is 12.2. The molecule has 0 spiro atoms. The van der Waals surface area contributed by atoms with Gasteiger partial charge in [-0.2, -0.15) is 0 Å². The SMILES string of the molecule is O=C(O)CCCc1ccc(OCCc2ccc3ccccc3c2)cc1. The highest BCUT2D eigenvalue weighted by molar-refractivity contribution is 5.82. The maximum atomic E-state index is 10.5. The highest BCUT2D eigenvalue weighted by Crippen LogP contribution is 2.17. The molecular weight excluding hydrogens is 312 g/mol. The van der Waals surface area contributed by atoms with Crippen molar-refractivity contribution in [3.63, 3.8) is 0 Å². The normalized spacial score (nSPS) is 10.7. The molecule has 0 unspecified atom stereocenters.